The molecule has 1 rings (SSSR count). The van der Waals surface area contributed by atoms with E-state index in [1.54, 1.807) is 0 Å². The molecule has 0 N–H and O–H groups in total. The molecule has 1 saturated heterocycles. The van der Waals surface area contributed by atoms with E-state index in [0.29, 0.717) is 0 Å². The number of piperazine rings is 1. The van der Waals surface area contributed by atoms with Gasteiger partial charge in [0.1, 0.15) is 0 Å². The zero-order valence-electron chi connectivity index (χ0n) is 8.72. The van der Waals surface area contributed by atoms with Crippen LogP contribution in [0.15, 0.2) is 11.3 Å². The van der Waals surface area contributed by atoms with Crippen molar-refractivity contribution in [2.75, 3.05) is 33.2 Å². The molecule has 1 aliphatic heterocycles. The average Bonchev–Trinajstić information content (AvgIpc) is 2.05. The van der Waals surface area contributed by atoms with Crippen molar-refractivity contribution in [2.24, 2.45) is 0 Å². The van der Waals surface area contributed by atoms with Crippen LogP contribution >= 0.6 is 0 Å². The second kappa shape index (κ2) is 3.94. The van der Waals surface area contributed by atoms with Crippen LogP contribution in [0.2, 0.25) is 0 Å². The second-order valence-electron chi connectivity index (χ2n) is 3.74. The van der Waals surface area contributed by atoms with Crippen LogP contribution in [0.1, 0.15) is 20.8 Å². The first-order valence-corrected chi connectivity index (χ1v) is 4.75. The normalized spacial score (nSPS) is 20.0. The molecule has 12 heavy (non-hydrogen) atoms. The fourth-order valence-electron chi connectivity index (χ4n) is 1.65. The van der Waals surface area contributed by atoms with Crippen molar-refractivity contribution in [3.05, 3.63) is 11.3 Å². The van der Waals surface area contributed by atoms with Crippen molar-refractivity contribution in [3.63, 3.8) is 0 Å². The highest BCUT2D eigenvalue weighted by Gasteiger charge is 2.16. The van der Waals surface area contributed by atoms with Crippen LogP contribution in [0.25, 0.3) is 0 Å². The summed E-state index contributed by atoms with van der Waals surface area (Å²) >= 11 is 0. The maximum Gasteiger partial charge on any atom is 0.0383 e. The van der Waals surface area contributed by atoms with Gasteiger partial charge in [0.15, 0.2) is 0 Å². The minimum atomic E-state index is 1.13. The minimum Gasteiger partial charge on any atom is -0.376 e. The molecule has 0 radical (unpaired) electrons. The van der Waals surface area contributed by atoms with Gasteiger partial charge >= 0.3 is 0 Å². The lowest BCUT2D eigenvalue weighted by molar-refractivity contribution is 0.202. The lowest BCUT2D eigenvalue weighted by Crippen LogP contribution is -2.43. The van der Waals surface area contributed by atoms with Gasteiger partial charge in [0.05, 0.1) is 0 Å². The number of hydrogen-bond donors (Lipinski definition) is 0. The molecule has 0 atom stereocenters. The molecule has 1 fully saturated rings. The Balaban J connectivity index is 2.66. The summed E-state index contributed by atoms with van der Waals surface area (Å²) in [5.41, 5.74) is 2.96. The minimum absolute atomic E-state index is 1.13. The molecule has 0 aliphatic carbocycles. The Hall–Kier alpha value is -0.500. The van der Waals surface area contributed by atoms with Gasteiger partial charge in [0, 0.05) is 32.4 Å². The number of nitrogens with zero attached hydrogens (tertiary/aromatic N) is 2. The summed E-state index contributed by atoms with van der Waals surface area (Å²) < 4.78 is 0. The number of likely N-dealkylation sites (N-methyl/N-ethyl adjacent to an activating group) is 2. The van der Waals surface area contributed by atoms with Crippen LogP contribution < -0.4 is 0 Å². The van der Waals surface area contributed by atoms with Crippen LogP contribution in [0.3, 0.4) is 0 Å². The van der Waals surface area contributed by atoms with E-state index in [2.05, 4.69) is 37.6 Å². The van der Waals surface area contributed by atoms with Crippen molar-refractivity contribution in [2.45, 2.75) is 20.8 Å². The van der Waals surface area contributed by atoms with E-state index in [1.807, 2.05) is 0 Å². The van der Waals surface area contributed by atoms with Crippen molar-refractivity contribution >= 4 is 0 Å². The topological polar surface area (TPSA) is 6.48 Å². The zero-order chi connectivity index (χ0) is 9.14. The molecule has 0 unspecified atom stereocenters. The van der Waals surface area contributed by atoms with Gasteiger partial charge in [-0.1, -0.05) is 12.5 Å². The molecule has 0 aromatic carbocycles. The first-order chi connectivity index (χ1) is 5.65. The lowest BCUT2D eigenvalue weighted by Gasteiger charge is -2.36. The number of hydrogen-bond acceptors (Lipinski definition) is 2. The van der Waals surface area contributed by atoms with Crippen LogP contribution in [-0.2, 0) is 0 Å². The largest absolute Gasteiger partial charge is 0.376 e. The summed E-state index contributed by atoms with van der Waals surface area (Å²) in [6.07, 6.45) is 0. The smallest absolute Gasteiger partial charge is 0.0383 e. The molecule has 2 nitrogen and oxygen atoms in total. The molecule has 0 bridgehead atoms. The Kier molecular flexibility index (Phi) is 3.15. The van der Waals surface area contributed by atoms with Gasteiger partial charge in [-0.2, -0.15) is 0 Å². The van der Waals surface area contributed by atoms with Crippen LogP contribution in [0.5, 0.6) is 0 Å². The highest BCUT2D eigenvalue weighted by atomic mass is 15.3. The summed E-state index contributed by atoms with van der Waals surface area (Å²) in [7, 11) is 2.19. The Bertz CT molecular complexity index is 180. The predicted molar refractivity (Wildman–Crippen MR) is 53.1 cm³/mol. The van der Waals surface area contributed by atoms with Gasteiger partial charge in [-0.25, -0.2) is 0 Å². The zero-order valence-corrected chi connectivity index (χ0v) is 8.72. The van der Waals surface area contributed by atoms with Crippen molar-refractivity contribution in [1.82, 2.24) is 9.80 Å². The van der Waals surface area contributed by atoms with Gasteiger partial charge in [-0.15, -0.1) is 0 Å². The highest BCUT2D eigenvalue weighted by molar-refractivity contribution is 5.12. The van der Waals surface area contributed by atoms with Crippen molar-refractivity contribution in [3.8, 4) is 0 Å². The summed E-state index contributed by atoms with van der Waals surface area (Å²) in [6.45, 7) is 11.3. The summed E-state index contributed by atoms with van der Waals surface area (Å²) in [6, 6.07) is 0. The number of rotatable bonds is 1. The Labute approximate surface area is 75.8 Å². The van der Waals surface area contributed by atoms with Crippen LogP contribution in [0.4, 0.5) is 0 Å². The van der Waals surface area contributed by atoms with E-state index in [-0.39, 0.29) is 0 Å². The monoisotopic (exact) mass is 168 g/mol. The molecule has 0 spiro atoms. The number of allylic oxidation sites excluding steroid dienone is 1. The Morgan fingerprint density at radius 1 is 1.33 bits per heavy atom. The van der Waals surface area contributed by atoms with Crippen molar-refractivity contribution in [1.29, 1.82) is 0 Å². The molecule has 0 aromatic heterocycles. The second-order valence-corrected chi connectivity index (χ2v) is 3.74. The van der Waals surface area contributed by atoms with E-state index in [9.17, 15) is 0 Å². The predicted octanol–water partition coefficient (Wildman–Crippen LogP) is 1.55. The fourth-order valence-corrected chi connectivity index (χ4v) is 1.65. The molecule has 70 valence electrons. The Morgan fingerprint density at radius 2 is 2.00 bits per heavy atom. The summed E-state index contributed by atoms with van der Waals surface area (Å²) in [5.74, 6) is 0. The van der Waals surface area contributed by atoms with E-state index >= 15 is 0 Å². The lowest BCUT2D eigenvalue weighted by atomic mass is 10.2. The fraction of sp³-hybridized carbons (Fsp3) is 0.800. The summed E-state index contributed by atoms with van der Waals surface area (Å²) in [4.78, 5) is 4.86. The third-order valence-corrected chi connectivity index (χ3v) is 2.61. The van der Waals surface area contributed by atoms with E-state index in [4.69, 9.17) is 0 Å². The highest BCUT2D eigenvalue weighted by Crippen LogP contribution is 2.14. The molecule has 0 saturated carbocycles. The maximum atomic E-state index is 2.49. The van der Waals surface area contributed by atoms with E-state index in [0.717, 1.165) is 6.54 Å². The molecular formula is C10H20N2. The summed E-state index contributed by atoms with van der Waals surface area (Å²) in [5, 5.41) is 0. The Morgan fingerprint density at radius 3 is 2.50 bits per heavy atom. The van der Waals surface area contributed by atoms with E-state index in [1.165, 1.54) is 30.9 Å². The quantitative estimate of drug-likeness (QED) is 0.586. The molecule has 2 heteroatoms. The first kappa shape index (κ1) is 9.59. The first-order valence-electron chi connectivity index (χ1n) is 4.75. The van der Waals surface area contributed by atoms with Gasteiger partial charge in [0.25, 0.3) is 0 Å². The molecular weight excluding hydrogens is 148 g/mol. The van der Waals surface area contributed by atoms with Crippen LogP contribution in [-0.4, -0.2) is 43.0 Å². The molecule has 0 aromatic rings. The van der Waals surface area contributed by atoms with Gasteiger partial charge in [-0.3, -0.25) is 4.90 Å². The van der Waals surface area contributed by atoms with Gasteiger partial charge in [-0.05, 0) is 20.4 Å². The van der Waals surface area contributed by atoms with Crippen molar-refractivity contribution < 1.29 is 0 Å². The third kappa shape index (κ3) is 2.01. The molecule has 0 amide bonds. The maximum absolute atomic E-state index is 2.49. The SMILES string of the molecule is CCN1CCN(C)C(=C(C)C)C1. The van der Waals surface area contributed by atoms with Gasteiger partial charge in [0.2, 0.25) is 0 Å². The van der Waals surface area contributed by atoms with Gasteiger partial charge < -0.3 is 4.90 Å². The molecule has 1 heterocycles. The average molecular weight is 168 g/mol. The third-order valence-electron chi connectivity index (χ3n) is 2.61. The molecule has 1 aliphatic rings. The van der Waals surface area contributed by atoms with Crippen LogP contribution in [0, 0.1) is 0 Å². The standard InChI is InChI=1S/C10H20N2/c1-5-12-7-6-11(4)10(8-12)9(2)3/h5-8H2,1-4H3. The van der Waals surface area contributed by atoms with E-state index < -0.39 is 0 Å².